The number of amides is 4. The molecule has 0 radical (unpaired) electrons. The molecule has 2 heterocycles. The van der Waals surface area contributed by atoms with E-state index in [4.69, 9.17) is 0 Å². The molecule has 0 aromatic carbocycles. The molecule has 0 saturated carbocycles. The Bertz CT molecular complexity index is 717. The van der Waals surface area contributed by atoms with E-state index < -0.39 is 0 Å². The second-order valence-corrected chi connectivity index (χ2v) is 13.7. The maximum atomic E-state index is 13.1. The van der Waals surface area contributed by atoms with Gasteiger partial charge in [0.25, 0.3) is 0 Å². The highest BCUT2D eigenvalue weighted by atomic mass is 16.2. The topological polar surface area (TPSA) is 74.8 Å². The average Bonchev–Trinajstić information content (AvgIpc) is 3.03. The SMILES string of the molecule is CC(C)(C)CN1C(=O)CC(C(C)(C)CCC(C)(C)C2CC(=O)N(CC(C)(C)C)C2=O)C1=O. The first-order valence-electron chi connectivity index (χ1n) is 11.9. The normalized spacial score (nSPS) is 23.7. The number of hydrogen-bond acceptors (Lipinski definition) is 4. The van der Waals surface area contributed by atoms with Crippen molar-refractivity contribution in [3.8, 4) is 0 Å². The molecular weight excluding hydrogens is 404 g/mol. The summed E-state index contributed by atoms with van der Waals surface area (Å²) in [6.07, 6.45) is 1.93. The molecule has 2 saturated heterocycles. The minimum absolute atomic E-state index is 0.0730. The third kappa shape index (κ3) is 5.99. The lowest BCUT2D eigenvalue weighted by molar-refractivity contribution is -0.144. The Labute approximate surface area is 194 Å². The predicted molar refractivity (Wildman–Crippen MR) is 125 cm³/mol. The summed E-state index contributed by atoms with van der Waals surface area (Å²) in [7, 11) is 0. The molecule has 0 aromatic rings. The fraction of sp³-hybridized carbons (Fsp3) is 0.846. The highest BCUT2D eigenvalue weighted by Crippen LogP contribution is 2.46. The molecule has 182 valence electrons. The van der Waals surface area contributed by atoms with Gasteiger partial charge in [0.1, 0.15) is 0 Å². The van der Waals surface area contributed by atoms with E-state index in [1.165, 1.54) is 9.80 Å². The Hall–Kier alpha value is -1.72. The van der Waals surface area contributed by atoms with Gasteiger partial charge in [0.05, 0.1) is 11.8 Å². The fourth-order valence-corrected chi connectivity index (χ4v) is 4.86. The summed E-state index contributed by atoms with van der Waals surface area (Å²) in [5, 5.41) is 0. The van der Waals surface area contributed by atoms with Crippen LogP contribution in [0.25, 0.3) is 0 Å². The zero-order chi connectivity index (χ0) is 24.9. The summed E-state index contributed by atoms with van der Waals surface area (Å²) in [5.74, 6) is -1.00. The lowest BCUT2D eigenvalue weighted by Crippen LogP contribution is -2.41. The largest absolute Gasteiger partial charge is 0.282 e. The van der Waals surface area contributed by atoms with Crippen LogP contribution in [0, 0.1) is 33.5 Å². The third-order valence-corrected chi connectivity index (χ3v) is 7.05. The van der Waals surface area contributed by atoms with Crippen molar-refractivity contribution in [1.29, 1.82) is 0 Å². The Morgan fingerprint density at radius 2 is 0.875 bits per heavy atom. The van der Waals surface area contributed by atoms with Gasteiger partial charge in [-0.25, -0.2) is 0 Å². The Balaban J connectivity index is 2.08. The van der Waals surface area contributed by atoms with Crippen molar-refractivity contribution in [3.05, 3.63) is 0 Å². The summed E-state index contributed by atoms with van der Waals surface area (Å²) in [4.78, 5) is 54.2. The first-order chi connectivity index (χ1) is 14.3. The molecule has 32 heavy (non-hydrogen) atoms. The van der Waals surface area contributed by atoms with Crippen LogP contribution in [0.2, 0.25) is 0 Å². The Morgan fingerprint density at radius 1 is 0.594 bits per heavy atom. The number of likely N-dealkylation sites (tertiary alicyclic amines) is 2. The molecule has 0 aromatic heterocycles. The molecule has 6 nitrogen and oxygen atoms in total. The molecule has 2 rings (SSSR count). The Kier molecular flexibility index (Phi) is 7.10. The molecule has 0 N–H and O–H groups in total. The van der Waals surface area contributed by atoms with Crippen molar-refractivity contribution in [1.82, 2.24) is 9.80 Å². The fourth-order valence-electron chi connectivity index (χ4n) is 4.86. The lowest BCUT2D eigenvalue weighted by atomic mass is 9.67. The lowest BCUT2D eigenvalue weighted by Gasteiger charge is -2.36. The maximum Gasteiger partial charge on any atom is 0.233 e. The molecule has 4 amide bonds. The Morgan fingerprint density at radius 3 is 1.12 bits per heavy atom. The second-order valence-electron chi connectivity index (χ2n) is 13.7. The highest BCUT2D eigenvalue weighted by Gasteiger charge is 2.50. The average molecular weight is 449 g/mol. The van der Waals surface area contributed by atoms with Crippen LogP contribution in [0.15, 0.2) is 0 Å². The van der Waals surface area contributed by atoms with Crippen molar-refractivity contribution in [3.63, 3.8) is 0 Å². The smallest absolute Gasteiger partial charge is 0.233 e. The van der Waals surface area contributed by atoms with Gasteiger partial charge in [-0.05, 0) is 34.5 Å². The van der Waals surface area contributed by atoms with Gasteiger partial charge in [-0.15, -0.1) is 0 Å². The van der Waals surface area contributed by atoms with Gasteiger partial charge in [-0.1, -0.05) is 69.2 Å². The minimum atomic E-state index is -0.368. The van der Waals surface area contributed by atoms with Gasteiger partial charge < -0.3 is 0 Å². The van der Waals surface area contributed by atoms with Crippen LogP contribution in [0.1, 0.15) is 94.9 Å². The van der Waals surface area contributed by atoms with E-state index in [2.05, 4.69) is 0 Å². The number of carbonyl (C=O) groups is 4. The quantitative estimate of drug-likeness (QED) is 0.531. The molecule has 0 bridgehead atoms. The van der Waals surface area contributed by atoms with Gasteiger partial charge in [0, 0.05) is 25.9 Å². The van der Waals surface area contributed by atoms with E-state index in [0.29, 0.717) is 25.9 Å². The maximum absolute atomic E-state index is 13.1. The van der Waals surface area contributed by atoms with Crippen molar-refractivity contribution >= 4 is 23.6 Å². The van der Waals surface area contributed by atoms with Gasteiger partial charge in [-0.2, -0.15) is 0 Å². The van der Waals surface area contributed by atoms with E-state index in [9.17, 15) is 19.2 Å². The van der Waals surface area contributed by atoms with E-state index in [1.807, 2.05) is 69.2 Å². The zero-order valence-electron chi connectivity index (χ0n) is 21.9. The van der Waals surface area contributed by atoms with E-state index in [0.717, 1.165) is 0 Å². The number of hydrogen-bond donors (Lipinski definition) is 0. The molecule has 2 aliphatic rings. The minimum Gasteiger partial charge on any atom is -0.282 e. The first kappa shape index (κ1) is 26.5. The molecule has 6 heteroatoms. The predicted octanol–water partition coefficient (Wildman–Crippen LogP) is 4.66. The van der Waals surface area contributed by atoms with E-state index >= 15 is 0 Å². The van der Waals surface area contributed by atoms with Crippen molar-refractivity contribution in [2.75, 3.05) is 13.1 Å². The monoisotopic (exact) mass is 448 g/mol. The van der Waals surface area contributed by atoms with Crippen LogP contribution in [0.4, 0.5) is 0 Å². The highest BCUT2D eigenvalue weighted by molar-refractivity contribution is 6.04. The van der Waals surface area contributed by atoms with Crippen LogP contribution in [0.5, 0.6) is 0 Å². The van der Waals surface area contributed by atoms with Crippen molar-refractivity contribution in [2.24, 2.45) is 33.5 Å². The standard InChI is InChI=1S/C26H44N2O4/c1-23(2,3)15-27-19(29)13-17(21(27)31)25(7,8)11-12-26(9,10)18-14-20(30)28(22(18)32)16-24(4,5)6/h17-18H,11-16H2,1-10H3. The van der Waals surface area contributed by atoms with Crippen LogP contribution < -0.4 is 0 Å². The molecule has 0 aliphatic carbocycles. The number of carbonyl (C=O) groups excluding carboxylic acids is 4. The molecule has 2 aliphatic heterocycles. The van der Waals surface area contributed by atoms with Crippen LogP contribution in [-0.2, 0) is 19.2 Å². The van der Waals surface area contributed by atoms with Gasteiger partial charge in [-0.3, -0.25) is 29.0 Å². The summed E-state index contributed by atoms with van der Waals surface area (Å²) < 4.78 is 0. The van der Waals surface area contributed by atoms with Gasteiger partial charge in [0.15, 0.2) is 0 Å². The van der Waals surface area contributed by atoms with E-state index in [-0.39, 0.29) is 70.0 Å². The third-order valence-electron chi connectivity index (χ3n) is 7.05. The van der Waals surface area contributed by atoms with E-state index in [1.54, 1.807) is 0 Å². The van der Waals surface area contributed by atoms with Crippen LogP contribution in [0.3, 0.4) is 0 Å². The summed E-state index contributed by atoms with van der Waals surface area (Å²) in [6.45, 7) is 21.2. The number of rotatable bonds is 7. The van der Waals surface area contributed by atoms with Crippen molar-refractivity contribution in [2.45, 2.75) is 94.9 Å². The van der Waals surface area contributed by atoms with Crippen molar-refractivity contribution < 1.29 is 19.2 Å². The van der Waals surface area contributed by atoms with Crippen LogP contribution in [-0.4, -0.2) is 46.5 Å². The summed E-state index contributed by atoms with van der Waals surface area (Å²) in [6, 6.07) is 0. The zero-order valence-corrected chi connectivity index (χ0v) is 21.9. The molecule has 0 spiro atoms. The molecular formula is C26H44N2O4. The summed E-state index contributed by atoms with van der Waals surface area (Å²) >= 11 is 0. The molecule has 2 fully saturated rings. The number of nitrogens with zero attached hydrogens (tertiary/aromatic N) is 2. The second kappa shape index (κ2) is 8.57. The van der Waals surface area contributed by atoms with Gasteiger partial charge in [0.2, 0.25) is 23.6 Å². The van der Waals surface area contributed by atoms with Crippen LogP contribution >= 0.6 is 0 Å². The molecule has 2 atom stereocenters. The molecule has 2 unspecified atom stereocenters. The van der Waals surface area contributed by atoms with Gasteiger partial charge >= 0.3 is 0 Å². The summed E-state index contributed by atoms with van der Waals surface area (Å²) in [5.41, 5.74) is -1.01. The number of imide groups is 2. The first-order valence-corrected chi connectivity index (χ1v) is 11.9.